The molecule has 1 atom stereocenters. The lowest BCUT2D eigenvalue weighted by atomic mass is 9.85. The van der Waals surface area contributed by atoms with Crippen LogP contribution >= 0.6 is 22.6 Å². The van der Waals surface area contributed by atoms with Gasteiger partial charge in [0.05, 0.1) is 5.69 Å². The van der Waals surface area contributed by atoms with E-state index in [2.05, 4.69) is 53.9 Å². The maximum absolute atomic E-state index is 11.8. The fraction of sp³-hybridized carbons (Fsp3) is 0.438. The topological polar surface area (TPSA) is 29.1 Å². The molecule has 0 saturated carbocycles. The van der Waals surface area contributed by atoms with Gasteiger partial charge in [0.25, 0.3) is 0 Å². The Kier molecular flexibility index (Phi) is 5.02. The first-order valence-corrected chi connectivity index (χ1v) is 7.87. The van der Waals surface area contributed by atoms with Gasteiger partial charge in [-0.05, 0) is 59.4 Å². The molecule has 1 aromatic carbocycles. The molecule has 2 rings (SSSR count). The monoisotopic (exact) mass is 369 g/mol. The Balaban J connectivity index is 2.08. The molecule has 3 heteroatoms. The standard InChI is InChI=1S/C16H20INO/c1-11(2)7-12-8-13(10-14(19)9-12)18-16-6-4-3-5-15(16)17/h3-6,10-12,18H,7-9H2,1-2H3/t12-/m0/s1. The summed E-state index contributed by atoms with van der Waals surface area (Å²) >= 11 is 2.31. The summed E-state index contributed by atoms with van der Waals surface area (Å²) in [6.07, 6.45) is 4.58. The van der Waals surface area contributed by atoms with Crippen LogP contribution in [0.1, 0.15) is 33.1 Å². The van der Waals surface area contributed by atoms with Gasteiger partial charge in [0.2, 0.25) is 0 Å². The molecule has 0 bridgehead atoms. The average Bonchev–Trinajstić information content (AvgIpc) is 2.30. The molecule has 0 aliphatic heterocycles. The van der Waals surface area contributed by atoms with Gasteiger partial charge in [-0.3, -0.25) is 4.79 Å². The summed E-state index contributed by atoms with van der Waals surface area (Å²) in [6, 6.07) is 8.16. The highest BCUT2D eigenvalue weighted by Gasteiger charge is 2.21. The molecule has 1 N–H and O–H groups in total. The second-order valence-corrected chi connectivity index (χ2v) is 6.81. The minimum atomic E-state index is 0.255. The second kappa shape index (κ2) is 6.55. The predicted molar refractivity (Wildman–Crippen MR) is 88.1 cm³/mol. The van der Waals surface area contributed by atoms with Gasteiger partial charge >= 0.3 is 0 Å². The molecule has 0 amide bonds. The zero-order valence-corrected chi connectivity index (χ0v) is 13.6. The lowest BCUT2D eigenvalue weighted by Gasteiger charge is -2.24. The predicted octanol–water partition coefficient (Wildman–Crippen LogP) is 4.61. The molecular weight excluding hydrogens is 349 g/mol. The summed E-state index contributed by atoms with van der Waals surface area (Å²) in [5, 5.41) is 3.42. The second-order valence-electron chi connectivity index (χ2n) is 5.64. The lowest BCUT2D eigenvalue weighted by molar-refractivity contribution is -0.116. The van der Waals surface area contributed by atoms with Gasteiger partial charge in [0.1, 0.15) is 0 Å². The van der Waals surface area contributed by atoms with Crippen LogP contribution < -0.4 is 5.32 Å². The molecule has 0 saturated heterocycles. The van der Waals surface area contributed by atoms with E-state index in [1.54, 1.807) is 6.08 Å². The van der Waals surface area contributed by atoms with Crippen LogP contribution in [0, 0.1) is 15.4 Å². The molecule has 1 aromatic rings. The van der Waals surface area contributed by atoms with Gasteiger partial charge < -0.3 is 5.32 Å². The van der Waals surface area contributed by atoms with Gasteiger partial charge in [-0.1, -0.05) is 26.0 Å². The highest BCUT2D eigenvalue weighted by molar-refractivity contribution is 14.1. The Bertz CT molecular complexity index is 493. The maximum atomic E-state index is 11.8. The SMILES string of the molecule is CC(C)C[C@@H]1CC(=O)C=C(Nc2ccccc2I)C1. The van der Waals surface area contributed by atoms with Crippen molar-refractivity contribution in [3.05, 3.63) is 39.6 Å². The van der Waals surface area contributed by atoms with Crippen molar-refractivity contribution < 1.29 is 4.79 Å². The molecule has 1 aliphatic rings. The van der Waals surface area contributed by atoms with E-state index in [9.17, 15) is 4.79 Å². The van der Waals surface area contributed by atoms with E-state index in [4.69, 9.17) is 0 Å². The Labute approximate surface area is 128 Å². The third kappa shape index (κ3) is 4.34. The highest BCUT2D eigenvalue weighted by atomic mass is 127. The van der Waals surface area contributed by atoms with Crippen molar-refractivity contribution in [1.29, 1.82) is 0 Å². The van der Waals surface area contributed by atoms with Crippen LogP contribution in [0.5, 0.6) is 0 Å². The van der Waals surface area contributed by atoms with Crippen LogP contribution in [0.25, 0.3) is 0 Å². The van der Waals surface area contributed by atoms with Crippen LogP contribution in [0.15, 0.2) is 36.0 Å². The molecule has 1 aliphatic carbocycles. The molecule has 19 heavy (non-hydrogen) atoms. The average molecular weight is 369 g/mol. The van der Waals surface area contributed by atoms with Crippen LogP contribution in [-0.4, -0.2) is 5.78 Å². The number of carbonyl (C=O) groups is 1. The first kappa shape index (κ1) is 14.6. The lowest BCUT2D eigenvalue weighted by Crippen LogP contribution is -2.19. The van der Waals surface area contributed by atoms with E-state index in [0.29, 0.717) is 18.3 Å². The summed E-state index contributed by atoms with van der Waals surface area (Å²) in [6.45, 7) is 4.44. The number of hydrogen-bond acceptors (Lipinski definition) is 2. The molecule has 0 heterocycles. The summed E-state index contributed by atoms with van der Waals surface area (Å²) < 4.78 is 1.18. The van der Waals surface area contributed by atoms with Crippen molar-refractivity contribution in [3.8, 4) is 0 Å². The first-order valence-electron chi connectivity index (χ1n) is 6.79. The third-order valence-corrected chi connectivity index (χ3v) is 4.25. The highest BCUT2D eigenvalue weighted by Crippen LogP contribution is 2.29. The van der Waals surface area contributed by atoms with E-state index >= 15 is 0 Å². The number of halogens is 1. The molecule has 0 aromatic heterocycles. The smallest absolute Gasteiger partial charge is 0.157 e. The zero-order chi connectivity index (χ0) is 13.8. The maximum Gasteiger partial charge on any atom is 0.157 e. The summed E-state index contributed by atoms with van der Waals surface area (Å²) in [5.41, 5.74) is 2.15. The van der Waals surface area contributed by atoms with E-state index in [1.165, 1.54) is 3.57 Å². The third-order valence-electron chi connectivity index (χ3n) is 3.31. The minimum Gasteiger partial charge on any atom is -0.358 e. The van der Waals surface area contributed by atoms with Crippen LogP contribution in [0.3, 0.4) is 0 Å². The van der Waals surface area contributed by atoms with Gasteiger partial charge in [0, 0.05) is 21.8 Å². The fourth-order valence-corrected chi connectivity index (χ4v) is 3.16. The van der Waals surface area contributed by atoms with E-state index in [0.717, 1.165) is 24.2 Å². The van der Waals surface area contributed by atoms with Crippen molar-refractivity contribution in [2.24, 2.45) is 11.8 Å². The summed E-state index contributed by atoms with van der Waals surface area (Å²) in [5.74, 6) is 1.39. The van der Waals surface area contributed by atoms with E-state index in [-0.39, 0.29) is 5.78 Å². The van der Waals surface area contributed by atoms with Crippen molar-refractivity contribution in [2.75, 3.05) is 5.32 Å². The number of nitrogens with one attached hydrogen (secondary N) is 1. The number of anilines is 1. The van der Waals surface area contributed by atoms with E-state index < -0.39 is 0 Å². The van der Waals surface area contributed by atoms with Crippen LogP contribution in [0.4, 0.5) is 5.69 Å². The van der Waals surface area contributed by atoms with Crippen LogP contribution in [0.2, 0.25) is 0 Å². The van der Waals surface area contributed by atoms with Gasteiger partial charge in [-0.25, -0.2) is 0 Å². The molecule has 0 fully saturated rings. The molecular formula is C16H20INO. The molecule has 2 nitrogen and oxygen atoms in total. The van der Waals surface area contributed by atoms with Gasteiger partial charge in [-0.2, -0.15) is 0 Å². The van der Waals surface area contributed by atoms with Crippen molar-refractivity contribution in [2.45, 2.75) is 33.1 Å². The van der Waals surface area contributed by atoms with Crippen molar-refractivity contribution in [1.82, 2.24) is 0 Å². The Morgan fingerprint density at radius 1 is 1.32 bits per heavy atom. The summed E-state index contributed by atoms with van der Waals surface area (Å²) in [7, 11) is 0. The number of hydrogen-bond donors (Lipinski definition) is 1. The van der Waals surface area contributed by atoms with Gasteiger partial charge in [0.15, 0.2) is 5.78 Å². The number of carbonyl (C=O) groups excluding carboxylic acids is 1. The molecule has 0 radical (unpaired) electrons. The minimum absolute atomic E-state index is 0.255. The first-order chi connectivity index (χ1) is 9.04. The normalized spacial score (nSPS) is 19.5. The Hall–Kier alpha value is -0.840. The number of ketones is 1. The summed E-state index contributed by atoms with van der Waals surface area (Å²) in [4.78, 5) is 11.8. The molecule has 102 valence electrons. The zero-order valence-electron chi connectivity index (χ0n) is 11.4. The van der Waals surface area contributed by atoms with Gasteiger partial charge in [-0.15, -0.1) is 0 Å². The number of para-hydroxylation sites is 1. The number of benzene rings is 1. The number of rotatable bonds is 4. The quantitative estimate of drug-likeness (QED) is 0.786. The molecule has 0 unspecified atom stereocenters. The largest absolute Gasteiger partial charge is 0.358 e. The molecule has 0 spiro atoms. The number of allylic oxidation sites excluding steroid dienone is 2. The van der Waals surface area contributed by atoms with Crippen LogP contribution in [-0.2, 0) is 4.79 Å². The Morgan fingerprint density at radius 2 is 2.05 bits per heavy atom. The van der Waals surface area contributed by atoms with Crippen molar-refractivity contribution >= 4 is 34.1 Å². The van der Waals surface area contributed by atoms with Crippen molar-refractivity contribution in [3.63, 3.8) is 0 Å². The fourth-order valence-electron chi connectivity index (χ4n) is 2.64. The Morgan fingerprint density at radius 3 is 2.74 bits per heavy atom. The van der Waals surface area contributed by atoms with E-state index in [1.807, 2.05) is 12.1 Å².